The van der Waals surface area contributed by atoms with Crippen LogP contribution in [-0.2, 0) is 16.2 Å². The quantitative estimate of drug-likeness (QED) is 0.819. The Hall–Kier alpha value is -1.97. The first kappa shape index (κ1) is 12.5. The minimum Gasteiger partial charge on any atom is -0.442 e. The third-order valence-electron chi connectivity index (χ3n) is 2.75. The Balaban J connectivity index is 1.85. The Labute approximate surface area is 107 Å². The molecule has 0 unspecified atom stereocenters. The molecule has 2 rings (SSSR count). The topological polar surface area (TPSA) is 38.8 Å². The van der Waals surface area contributed by atoms with E-state index in [1.54, 1.807) is 0 Å². The molecule has 96 valence electrons. The lowest BCUT2D eigenvalue weighted by molar-refractivity contribution is -0.0880. The van der Waals surface area contributed by atoms with Gasteiger partial charge in [-0.1, -0.05) is 43.7 Å². The van der Waals surface area contributed by atoms with E-state index in [0.29, 0.717) is 0 Å². The molecule has 0 N–H and O–H groups in total. The Bertz CT molecular complexity index is 416. The molecule has 0 aliphatic carbocycles. The molecular weight excluding hydrogens is 230 g/mol. The number of nitrogens with zero attached hydrogens (tertiary/aromatic N) is 1. The largest absolute Gasteiger partial charge is 0.444 e. The molecule has 0 aromatic heterocycles. The molecule has 1 amide bonds. The average molecular weight is 247 g/mol. The van der Waals surface area contributed by atoms with Crippen molar-refractivity contribution >= 4 is 6.09 Å². The number of hydrogen-bond donors (Lipinski definition) is 0. The fourth-order valence-corrected chi connectivity index (χ4v) is 1.82. The summed E-state index contributed by atoms with van der Waals surface area (Å²) in [4.78, 5) is 17.0. The van der Waals surface area contributed by atoms with Gasteiger partial charge in [0, 0.05) is 0 Å². The zero-order chi connectivity index (χ0) is 12.8. The fraction of sp³-hybridized carbons (Fsp3) is 0.357. The molecule has 1 aromatic carbocycles. The van der Waals surface area contributed by atoms with Gasteiger partial charge in [-0.05, 0) is 18.1 Å². The molecule has 1 heterocycles. The molecule has 0 saturated heterocycles. The van der Waals surface area contributed by atoms with Crippen molar-refractivity contribution in [1.29, 1.82) is 0 Å². The molecule has 0 spiro atoms. The highest BCUT2D eigenvalue weighted by molar-refractivity contribution is 5.67. The van der Waals surface area contributed by atoms with E-state index in [1.165, 1.54) is 11.3 Å². The highest BCUT2D eigenvalue weighted by Gasteiger charge is 2.27. The highest BCUT2D eigenvalue weighted by Crippen LogP contribution is 2.17. The molecule has 1 aromatic rings. The van der Waals surface area contributed by atoms with Crippen LogP contribution in [0, 0.1) is 0 Å². The first-order valence-electron chi connectivity index (χ1n) is 6.14. The third-order valence-corrected chi connectivity index (χ3v) is 2.75. The van der Waals surface area contributed by atoms with Crippen LogP contribution < -0.4 is 0 Å². The van der Waals surface area contributed by atoms with E-state index in [9.17, 15) is 4.79 Å². The van der Waals surface area contributed by atoms with E-state index in [1.807, 2.05) is 36.4 Å². The molecule has 4 nitrogen and oxygen atoms in total. The van der Waals surface area contributed by atoms with E-state index in [-0.39, 0.29) is 12.6 Å². The monoisotopic (exact) mass is 247 g/mol. The second kappa shape index (κ2) is 6.10. The third kappa shape index (κ3) is 3.03. The summed E-state index contributed by atoms with van der Waals surface area (Å²) in [5.74, 6) is 0. The first-order valence-corrected chi connectivity index (χ1v) is 6.14. The van der Waals surface area contributed by atoms with Crippen molar-refractivity contribution in [3.05, 3.63) is 48.2 Å². The Kier molecular flexibility index (Phi) is 4.23. The van der Waals surface area contributed by atoms with Crippen LogP contribution in [0.1, 0.15) is 25.3 Å². The normalized spacial score (nSPS) is 17.6. The van der Waals surface area contributed by atoms with Gasteiger partial charge in [0.1, 0.15) is 12.9 Å². The summed E-state index contributed by atoms with van der Waals surface area (Å²) < 4.78 is 5.21. The van der Waals surface area contributed by atoms with Crippen LogP contribution in [0.4, 0.5) is 4.79 Å². The van der Waals surface area contributed by atoms with Crippen molar-refractivity contribution in [2.24, 2.45) is 0 Å². The molecule has 18 heavy (non-hydrogen) atoms. The highest BCUT2D eigenvalue weighted by atomic mass is 16.7. The Morgan fingerprint density at radius 2 is 2.17 bits per heavy atom. The molecule has 1 aliphatic heterocycles. The lowest BCUT2D eigenvalue weighted by Gasteiger charge is -2.21. The molecule has 0 saturated carbocycles. The predicted molar refractivity (Wildman–Crippen MR) is 67.4 cm³/mol. The van der Waals surface area contributed by atoms with Gasteiger partial charge in [0.05, 0.1) is 6.04 Å². The zero-order valence-corrected chi connectivity index (χ0v) is 10.4. The summed E-state index contributed by atoms with van der Waals surface area (Å²) in [6.07, 6.45) is 4.82. The average Bonchev–Trinajstić information content (AvgIpc) is 2.86. The van der Waals surface area contributed by atoms with Gasteiger partial charge in [0.2, 0.25) is 0 Å². The van der Waals surface area contributed by atoms with Crippen molar-refractivity contribution in [2.75, 3.05) is 0 Å². The van der Waals surface area contributed by atoms with Crippen molar-refractivity contribution in [1.82, 2.24) is 5.06 Å². The van der Waals surface area contributed by atoms with Crippen LogP contribution in [0.5, 0.6) is 0 Å². The van der Waals surface area contributed by atoms with Crippen LogP contribution in [-0.4, -0.2) is 17.2 Å². The molecule has 4 heteroatoms. The van der Waals surface area contributed by atoms with Crippen LogP contribution >= 0.6 is 0 Å². The Morgan fingerprint density at radius 1 is 1.39 bits per heavy atom. The summed E-state index contributed by atoms with van der Waals surface area (Å²) in [5, 5.41) is 1.28. The smallest absolute Gasteiger partial charge is 0.442 e. The second-order valence-corrected chi connectivity index (χ2v) is 4.16. The molecule has 0 fully saturated rings. The fourth-order valence-electron chi connectivity index (χ4n) is 1.82. The summed E-state index contributed by atoms with van der Waals surface area (Å²) in [7, 11) is 0. The molecule has 0 radical (unpaired) electrons. The maximum Gasteiger partial charge on any atom is 0.444 e. The molecule has 1 aliphatic rings. The Morgan fingerprint density at radius 3 is 2.89 bits per heavy atom. The van der Waals surface area contributed by atoms with Gasteiger partial charge in [-0.15, -0.1) is 5.06 Å². The van der Waals surface area contributed by atoms with Crippen molar-refractivity contribution in [3.8, 4) is 0 Å². The first-order chi connectivity index (χ1) is 8.81. The standard InChI is InChI=1S/C14H17NO3/c1-2-6-13-9-10-18-15(13)14(16)17-11-12-7-4-3-5-8-12/h3-5,7-10,13H,2,6,11H2,1H3/t13-/m1/s1. The van der Waals surface area contributed by atoms with Crippen LogP contribution in [0.15, 0.2) is 42.7 Å². The number of hydroxylamine groups is 2. The maximum atomic E-state index is 11.8. The van der Waals surface area contributed by atoms with E-state index >= 15 is 0 Å². The van der Waals surface area contributed by atoms with Crippen LogP contribution in [0.2, 0.25) is 0 Å². The summed E-state index contributed by atoms with van der Waals surface area (Å²) in [6, 6.07) is 9.57. The van der Waals surface area contributed by atoms with Gasteiger partial charge < -0.3 is 9.57 Å². The number of benzene rings is 1. The lowest BCUT2D eigenvalue weighted by Crippen LogP contribution is -2.35. The van der Waals surface area contributed by atoms with Gasteiger partial charge in [0.15, 0.2) is 0 Å². The molecule has 1 atom stereocenters. The molecule has 0 bridgehead atoms. The maximum absolute atomic E-state index is 11.8. The number of ether oxygens (including phenoxy) is 1. The number of rotatable bonds is 4. The summed E-state index contributed by atoms with van der Waals surface area (Å²) in [5.41, 5.74) is 0.963. The van der Waals surface area contributed by atoms with E-state index < -0.39 is 6.09 Å². The van der Waals surface area contributed by atoms with Crippen molar-refractivity contribution in [2.45, 2.75) is 32.4 Å². The van der Waals surface area contributed by atoms with Crippen molar-refractivity contribution < 1.29 is 14.4 Å². The minimum atomic E-state index is -0.442. The lowest BCUT2D eigenvalue weighted by atomic mass is 10.2. The number of hydrogen-bond acceptors (Lipinski definition) is 3. The second-order valence-electron chi connectivity index (χ2n) is 4.16. The minimum absolute atomic E-state index is 0.0155. The molecular formula is C14H17NO3. The van der Waals surface area contributed by atoms with Crippen LogP contribution in [0.25, 0.3) is 0 Å². The summed E-state index contributed by atoms with van der Waals surface area (Å²) in [6.45, 7) is 2.33. The SMILES string of the molecule is CCC[C@@H]1C=CON1C(=O)OCc1ccccc1. The van der Waals surface area contributed by atoms with Gasteiger partial charge in [-0.2, -0.15) is 0 Å². The van der Waals surface area contributed by atoms with E-state index in [0.717, 1.165) is 18.4 Å². The van der Waals surface area contributed by atoms with E-state index in [2.05, 4.69) is 6.92 Å². The van der Waals surface area contributed by atoms with Gasteiger partial charge in [-0.25, -0.2) is 4.79 Å². The number of amides is 1. The summed E-state index contributed by atoms with van der Waals surface area (Å²) >= 11 is 0. The van der Waals surface area contributed by atoms with Gasteiger partial charge in [-0.3, -0.25) is 0 Å². The van der Waals surface area contributed by atoms with Gasteiger partial charge >= 0.3 is 6.09 Å². The van der Waals surface area contributed by atoms with Gasteiger partial charge in [0.25, 0.3) is 0 Å². The number of carbonyl (C=O) groups is 1. The van der Waals surface area contributed by atoms with Crippen molar-refractivity contribution in [3.63, 3.8) is 0 Å². The van der Waals surface area contributed by atoms with Crippen LogP contribution in [0.3, 0.4) is 0 Å². The zero-order valence-electron chi connectivity index (χ0n) is 10.4. The number of carbonyl (C=O) groups excluding carboxylic acids is 1. The van der Waals surface area contributed by atoms with E-state index in [4.69, 9.17) is 9.57 Å². The predicted octanol–water partition coefficient (Wildman–Crippen LogP) is 3.25.